The predicted octanol–water partition coefficient (Wildman–Crippen LogP) is 1.64. The molecule has 1 saturated carbocycles. The quantitative estimate of drug-likeness (QED) is 0.300. The van der Waals surface area contributed by atoms with E-state index in [1.807, 2.05) is 24.3 Å². The summed E-state index contributed by atoms with van der Waals surface area (Å²) in [6.45, 7) is 11.9. The highest BCUT2D eigenvalue weighted by molar-refractivity contribution is 6.23. The molecule has 0 radical (unpaired) electrons. The first-order valence-corrected chi connectivity index (χ1v) is 19.5. The van der Waals surface area contributed by atoms with Crippen LogP contribution in [-0.2, 0) is 14.3 Å². The molecule has 4 amide bonds. The number of likely N-dealkylation sites (tertiary alicyclic amines) is 1. The maximum Gasteiger partial charge on any atom is 0.262 e. The van der Waals surface area contributed by atoms with Gasteiger partial charge in [0, 0.05) is 83.1 Å². The number of carbonyl (C=O) groups excluding carboxylic acids is 4. The van der Waals surface area contributed by atoms with E-state index < -0.39 is 29.4 Å². The van der Waals surface area contributed by atoms with Gasteiger partial charge in [0.15, 0.2) is 5.82 Å². The maximum absolute atomic E-state index is 13.5. The lowest BCUT2D eigenvalue weighted by molar-refractivity contribution is -0.136. The van der Waals surface area contributed by atoms with Crippen LogP contribution in [-0.4, -0.2) is 143 Å². The van der Waals surface area contributed by atoms with Crippen LogP contribution in [0.5, 0.6) is 5.75 Å². The fraction of sp³-hybridized carbons (Fsp3) is 0.500. The molecule has 3 aromatic rings. The first-order valence-electron chi connectivity index (χ1n) is 19.5. The van der Waals surface area contributed by atoms with Crippen molar-refractivity contribution in [2.45, 2.75) is 37.5 Å². The van der Waals surface area contributed by atoms with Gasteiger partial charge < -0.3 is 25.0 Å². The van der Waals surface area contributed by atoms with Crippen molar-refractivity contribution in [1.29, 1.82) is 0 Å². The van der Waals surface area contributed by atoms with Gasteiger partial charge in [0.25, 0.3) is 11.8 Å². The van der Waals surface area contributed by atoms with Crippen molar-refractivity contribution in [1.82, 2.24) is 30.2 Å². The van der Waals surface area contributed by atoms with E-state index in [1.54, 1.807) is 18.2 Å². The van der Waals surface area contributed by atoms with Crippen LogP contribution in [0.1, 0.15) is 40.5 Å². The molecule has 15 nitrogen and oxygen atoms in total. The minimum atomic E-state index is -0.980. The van der Waals surface area contributed by atoms with Gasteiger partial charge in [-0.2, -0.15) is 0 Å². The zero-order valence-corrected chi connectivity index (χ0v) is 30.8. The highest BCUT2D eigenvalue weighted by Gasteiger charge is 2.57. The Morgan fingerprint density at radius 1 is 0.909 bits per heavy atom. The highest BCUT2D eigenvalue weighted by atomic mass is 16.5. The molecular formula is C40H45N9O6. The Hall–Kier alpha value is -5.12. The zero-order valence-electron chi connectivity index (χ0n) is 30.8. The van der Waals surface area contributed by atoms with Crippen molar-refractivity contribution in [3.05, 3.63) is 59.7 Å². The molecule has 0 spiro atoms. The number of piperazine rings is 1. The number of hydrogen-bond donors (Lipinski definition) is 3. The molecule has 2 unspecified atom stereocenters. The van der Waals surface area contributed by atoms with E-state index in [9.17, 15) is 24.3 Å². The summed E-state index contributed by atoms with van der Waals surface area (Å²) in [5.74, 6) is 1.15. The van der Waals surface area contributed by atoms with Crippen LogP contribution >= 0.6 is 0 Å². The lowest BCUT2D eigenvalue weighted by Crippen LogP contribution is -2.58. The minimum absolute atomic E-state index is 0.0910. The second kappa shape index (κ2) is 13.0. The molecule has 1 aromatic heterocycles. The fourth-order valence-electron chi connectivity index (χ4n) is 10.2. The van der Waals surface area contributed by atoms with Crippen LogP contribution in [0, 0.1) is 17.8 Å². The van der Waals surface area contributed by atoms with Crippen LogP contribution in [0.25, 0.3) is 11.3 Å². The number of imide groups is 2. The number of aromatic nitrogens is 2. The molecule has 0 bridgehead atoms. The monoisotopic (exact) mass is 747 g/mol. The minimum Gasteiger partial charge on any atom is -0.507 e. The Morgan fingerprint density at radius 2 is 1.73 bits per heavy atom. The normalized spacial score (nSPS) is 30.4. The number of fused-ring (bicyclic) bond motifs is 5. The Kier molecular flexibility index (Phi) is 8.12. The van der Waals surface area contributed by atoms with Crippen molar-refractivity contribution in [3.63, 3.8) is 0 Å². The van der Waals surface area contributed by atoms with Gasteiger partial charge in [-0.3, -0.25) is 39.2 Å². The van der Waals surface area contributed by atoms with Crippen molar-refractivity contribution in [2.24, 2.45) is 17.8 Å². The number of nitrogens with one attached hydrogen (secondary N) is 2. The number of benzene rings is 2. The van der Waals surface area contributed by atoms with Gasteiger partial charge >= 0.3 is 0 Å². The average molecular weight is 748 g/mol. The molecule has 1 aliphatic carbocycles. The second-order valence-corrected chi connectivity index (χ2v) is 16.6. The molecule has 7 aliphatic rings. The predicted molar refractivity (Wildman–Crippen MR) is 202 cm³/mol. The smallest absolute Gasteiger partial charge is 0.262 e. The number of amides is 4. The number of phenols is 1. The number of anilines is 3. The molecular weight excluding hydrogens is 702 g/mol. The molecule has 10 rings (SSSR count). The zero-order chi connectivity index (χ0) is 37.6. The van der Waals surface area contributed by atoms with Gasteiger partial charge in [-0.05, 0) is 67.5 Å². The first-order chi connectivity index (χ1) is 26.6. The first kappa shape index (κ1) is 34.4. The molecule has 3 N–H and O–H groups in total. The topological polar surface area (TPSA) is 164 Å². The summed E-state index contributed by atoms with van der Waals surface area (Å²) in [5, 5.41) is 25.0. The Labute approximate surface area is 318 Å². The van der Waals surface area contributed by atoms with Crippen LogP contribution in [0.4, 0.5) is 17.2 Å². The number of morpholine rings is 1. The van der Waals surface area contributed by atoms with Crippen LogP contribution < -0.4 is 20.4 Å². The number of phenolic OH excluding ortho intramolecular Hbond substituents is 1. The number of hydrogen-bond acceptors (Lipinski definition) is 13. The highest BCUT2D eigenvalue weighted by Crippen LogP contribution is 2.52. The van der Waals surface area contributed by atoms with Crippen molar-refractivity contribution in [3.8, 4) is 17.0 Å². The van der Waals surface area contributed by atoms with Crippen LogP contribution in [0.15, 0.2) is 48.5 Å². The van der Waals surface area contributed by atoms with E-state index in [1.165, 1.54) is 0 Å². The molecule has 15 heteroatoms. The van der Waals surface area contributed by atoms with Gasteiger partial charge in [0.05, 0.1) is 40.8 Å². The van der Waals surface area contributed by atoms with Crippen molar-refractivity contribution < 1.29 is 29.0 Å². The molecule has 6 aliphatic heterocycles. The average Bonchev–Trinajstić information content (AvgIpc) is 3.49. The van der Waals surface area contributed by atoms with E-state index in [4.69, 9.17) is 4.74 Å². The summed E-state index contributed by atoms with van der Waals surface area (Å²) < 4.78 is 6.41. The third kappa shape index (κ3) is 5.99. The van der Waals surface area contributed by atoms with Crippen LogP contribution in [0.3, 0.4) is 0 Å². The van der Waals surface area contributed by atoms with Gasteiger partial charge in [-0.15, -0.1) is 10.2 Å². The summed E-state index contributed by atoms with van der Waals surface area (Å²) in [7, 11) is 0. The molecule has 55 heavy (non-hydrogen) atoms. The standard InChI is InChI=1S/C40H45N9O6/c1-40(22-47(12-13-55-40)23-6-7-25-27(14-23)39(54)49(38(25)53)32-8-9-35(51)42-37(32)52)21-46-19-29-28(30(29)20-46)18-45-10-11-48-24(17-45)16-41-36-33(48)15-31(43-44-36)26-4-2-3-5-34(26)50/h2-7,14-15,24,28-30,32,50H,8-13,16-22H2,1H3,(H,41,44)(H,42,51,52)/t24-,28-,29-,30+,32?,40?/m0/s1. The number of nitrogens with zero attached hydrogens (tertiary/aromatic N) is 7. The number of aromatic hydroxyl groups is 1. The third-order valence-electron chi connectivity index (χ3n) is 12.9. The van der Waals surface area contributed by atoms with Crippen molar-refractivity contribution in [2.75, 3.05) is 87.2 Å². The van der Waals surface area contributed by atoms with E-state index in [0.717, 1.165) is 74.5 Å². The Balaban J connectivity index is 0.730. The van der Waals surface area contributed by atoms with Gasteiger partial charge in [0.1, 0.15) is 11.8 Å². The SMILES string of the molecule is CC1(CN2C[C@@H]3[C@@H](CN4CCN5c6cc(-c7ccccc7O)nnc6NC[C@H]5C4)[C@@H]3C2)CN(c2ccc3c(c2)C(=O)N(C2CCC(=O)NC2=O)C3=O)CCO1. The summed E-state index contributed by atoms with van der Waals surface area (Å²) in [4.78, 5) is 61.8. The lowest BCUT2D eigenvalue weighted by atomic mass is 10.0. The summed E-state index contributed by atoms with van der Waals surface area (Å²) in [6.07, 6.45) is 0.225. The molecule has 2 aromatic carbocycles. The summed E-state index contributed by atoms with van der Waals surface area (Å²) in [5.41, 5.74) is 3.45. The molecule has 6 atom stereocenters. The number of ether oxygens (including phenoxy) is 1. The Bertz CT molecular complexity index is 2100. The molecule has 7 heterocycles. The fourth-order valence-corrected chi connectivity index (χ4v) is 10.2. The molecule has 5 fully saturated rings. The molecule has 4 saturated heterocycles. The summed E-state index contributed by atoms with van der Waals surface area (Å²) in [6, 6.07) is 14.0. The van der Waals surface area contributed by atoms with E-state index in [-0.39, 0.29) is 30.1 Å². The second-order valence-electron chi connectivity index (χ2n) is 16.6. The van der Waals surface area contributed by atoms with Crippen molar-refractivity contribution >= 4 is 40.8 Å². The van der Waals surface area contributed by atoms with E-state index in [0.29, 0.717) is 60.3 Å². The van der Waals surface area contributed by atoms with Gasteiger partial charge in [-0.1, -0.05) is 12.1 Å². The number of piperidine rings is 2. The third-order valence-corrected chi connectivity index (χ3v) is 12.9. The van der Waals surface area contributed by atoms with E-state index in [2.05, 4.69) is 53.4 Å². The Morgan fingerprint density at radius 3 is 2.55 bits per heavy atom. The van der Waals surface area contributed by atoms with Crippen LogP contribution in [0.2, 0.25) is 0 Å². The van der Waals surface area contributed by atoms with Gasteiger partial charge in [0.2, 0.25) is 11.8 Å². The summed E-state index contributed by atoms with van der Waals surface area (Å²) >= 11 is 0. The number of carbonyl (C=O) groups is 4. The largest absolute Gasteiger partial charge is 0.507 e. The lowest BCUT2D eigenvalue weighted by Gasteiger charge is -2.46. The number of para-hydroxylation sites is 1. The van der Waals surface area contributed by atoms with Gasteiger partial charge in [-0.25, -0.2) is 0 Å². The molecule has 286 valence electrons. The van der Waals surface area contributed by atoms with E-state index >= 15 is 0 Å². The number of rotatable bonds is 7. The maximum atomic E-state index is 13.5.